The molecule has 1 aliphatic heterocycles. The van der Waals surface area contributed by atoms with Gasteiger partial charge in [-0.15, -0.1) is 24.0 Å². The molecule has 0 aliphatic carbocycles. The van der Waals surface area contributed by atoms with Gasteiger partial charge in [0.15, 0.2) is 5.96 Å². The van der Waals surface area contributed by atoms with Gasteiger partial charge in [-0.25, -0.2) is 8.42 Å². The Labute approximate surface area is 183 Å². The van der Waals surface area contributed by atoms with Crippen molar-refractivity contribution < 1.29 is 21.6 Å². The van der Waals surface area contributed by atoms with Crippen molar-refractivity contribution >= 4 is 40.0 Å². The number of nitrogens with zero attached hydrogens (tertiary/aromatic N) is 3. The van der Waals surface area contributed by atoms with Crippen LogP contribution in [0.15, 0.2) is 4.99 Å². The van der Waals surface area contributed by atoms with Crippen LogP contribution >= 0.6 is 24.0 Å². The predicted molar refractivity (Wildman–Crippen MR) is 116 cm³/mol. The Bertz CT molecular complexity index is 577. The fourth-order valence-corrected chi connectivity index (χ4v) is 4.07. The van der Waals surface area contributed by atoms with Crippen molar-refractivity contribution in [3.05, 3.63) is 0 Å². The van der Waals surface area contributed by atoms with Crippen molar-refractivity contribution in [3.63, 3.8) is 0 Å². The van der Waals surface area contributed by atoms with Gasteiger partial charge in [0.05, 0.1) is 6.54 Å². The first kappa shape index (κ1) is 27.7. The molecule has 0 aromatic rings. The average molecular weight is 543 g/mol. The molecule has 1 heterocycles. The van der Waals surface area contributed by atoms with E-state index in [-0.39, 0.29) is 49.1 Å². The van der Waals surface area contributed by atoms with Crippen LogP contribution in [-0.4, -0.2) is 80.4 Å². The van der Waals surface area contributed by atoms with Gasteiger partial charge in [-0.3, -0.25) is 9.89 Å². The van der Waals surface area contributed by atoms with E-state index in [9.17, 15) is 21.6 Å². The van der Waals surface area contributed by atoms with Crippen LogP contribution in [0, 0.1) is 0 Å². The fraction of sp³-hybridized carbons (Fsp3) is 0.938. The number of piperidine rings is 1. The molecule has 1 rings (SSSR count). The van der Waals surface area contributed by atoms with Gasteiger partial charge in [0.2, 0.25) is 0 Å². The van der Waals surface area contributed by atoms with Gasteiger partial charge in [0.1, 0.15) is 0 Å². The third kappa shape index (κ3) is 7.82. The fourth-order valence-electron chi connectivity index (χ4n) is 3.09. The van der Waals surface area contributed by atoms with Crippen molar-refractivity contribution in [2.24, 2.45) is 4.99 Å². The quantitative estimate of drug-likeness (QED) is 0.279. The van der Waals surface area contributed by atoms with Gasteiger partial charge in [-0.2, -0.15) is 17.5 Å². The van der Waals surface area contributed by atoms with E-state index in [2.05, 4.69) is 41.3 Å². The number of nitrogens with one attached hydrogen (secondary N) is 2. The van der Waals surface area contributed by atoms with E-state index in [0.29, 0.717) is 36.2 Å². The molecular weight excluding hydrogens is 510 g/mol. The second-order valence-corrected chi connectivity index (χ2v) is 8.49. The van der Waals surface area contributed by atoms with Crippen LogP contribution in [0.25, 0.3) is 0 Å². The van der Waals surface area contributed by atoms with Crippen molar-refractivity contribution in [2.45, 2.75) is 58.1 Å². The Morgan fingerprint density at radius 3 is 2.18 bits per heavy atom. The summed E-state index contributed by atoms with van der Waals surface area (Å²) in [7, 11) is -5.24. The Kier molecular flexibility index (Phi) is 12.2. The summed E-state index contributed by atoms with van der Waals surface area (Å²) in [6, 6.07) is 0.153. The van der Waals surface area contributed by atoms with Crippen molar-refractivity contribution in [1.82, 2.24) is 19.8 Å². The van der Waals surface area contributed by atoms with Crippen molar-refractivity contribution in [2.75, 3.05) is 39.3 Å². The van der Waals surface area contributed by atoms with Gasteiger partial charge in [-0.1, -0.05) is 13.8 Å². The zero-order valence-electron chi connectivity index (χ0n) is 16.9. The maximum atomic E-state index is 12.6. The Morgan fingerprint density at radius 1 is 1.21 bits per heavy atom. The summed E-state index contributed by atoms with van der Waals surface area (Å²) < 4.78 is 61.4. The first-order valence-electron chi connectivity index (χ1n) is 9.42. The van der Waals surface area contributed by atoms with Crippen LogP contribution in [0.3, 0.4) is 0 Å². The summed E-state index contributed by atoms with van der Waals surface area (Å²) in [5, 5.41) is 6.35. The van der Waals surface area contributed by atoms with E-state index < -0.39 is 15.5 Å². The molecule has 168 valence electrons. The van der Waals surface area contributed by atoms with Crippen LogP contribution in [0.4, 0.5) is 13.2 Å². The summed E-state index contributed by atoms with van der Waals surface area (Å²) in [6.07, 6.45) is 0.594. The number of aliphatic imine (C=N–C) groups is 1. The molecule has 1 atom stereocenters. The van der Waals surface area contributed by atoms with Gasteiger partial charge in [0, 0.05) is 31.7 Å². The van der Waals surface area contributed by atoms with Gasteiger partial charge >= 0.3 is 15.5 Å². The van der Waals surface area contributed by atoms with E-state index in [1.54, 1.807) is 0 Å². The zero-order chi connectivity index (χ0) is 20.7. The highest BCUT2D eigenvalue weighted by Gasteiger charge is 2.50. The minimum Gasteiger partial charge on any atom is -0.357 e. The molecular formula is C16H33F3IN5O2S. The number of hydrogen-bond acceptors (Lipinski definition) is 4. The van der Waals surface area contributed by atoms with Crippen LogP contribution in [-0.2, 0) is 10.0 Å². The molecule has 0 aromatic carbocycles. The second kappa shape index (κ2) is 12.4. The third-order valence-corrected chi connectivity index (χ3v) is 6.35. The average Bonchev–Trinajstić information content (AvgIpc) is 2.60. The molecule has 0 amide bonds. The molecule has 0 spiro atoms. The highest BCUT2D eigenvalue weighted by molar-refractivity contribution is 14.0. The van der Waals surface area contributed by atoms with Gasteiger partial charge in [-0.05, 0) is 39.8 Å². The van der Waals surface area contributed by atoms with E-state index >= 15 is 0 Å². The molecule has 0 radical (unpaired) electrons. The molecule has 2 N–H and O–H groups in total. The minimum atomic E-state index is -5.25. The molecule has 0 saturated carbocycles. The van der Waals surface area contributed by atoms with Crippen LogP contribution in [0.2, 0.25) is 0 Å². The largest absolute Gasteiger partial charge is 0.511 e. The molecule has 1 unspecified atom stereocenters. The molecule has 28 heavy (non-hydrogen) atoms. The predicted octanol–water partition coefficient (Wildman–Crippen LogP) is 2.20. The maximum Gasteiger partial charge on any atom is 0.511 e. The number of halogens is 4. The highest BCUT2D eigenvalue weighted by Crippen LogP contribution is 2.28. The van der Waals surface area contributed by atoms with E-state index in [1.807, 2.05) is 6.92 Å². The van der Waals surface area contributed by atoms with Crippen LogP contribution in [0.1, 0.15) is 40.5 Å². The Hall–Kier alpha value is -0.340. The lowest BCUT2D eigenvalue weighted by atomic mass is 10.1. The second-order valence-electron chi connectivity index (χ2n) is 6.56. The summed E-state index contributed by atoms with van der Waals surface area (Å²) in [6.45, 7) is 11.0. The Morgan fingerprint density at radius 2 is 1.75 bits per heavy atom. The summed E-state index contributed by atoms with van der Waals surface area (Å²) in [5.74, 6) is 0.605. The number of likely N-dealkylation sites (N-methyl/N-ethyl adjacent to an activating group) is 1. The lowest BCUT2D eigenvalue weighted by Crippen LogP contribution is -2.51. The number of alkyl halides is 3. The SMILES string of the molecule is CCNC(=NCC(C)N(CC)CC)NC1CCN(S(=O)(=O)C(F)(F)F)CC1.I. The monoisotopic (exact) mass is 543 g/mol. The number of rotatable bonds is 8. The highest BCUT2D eigenvalue weighted by atomic mass is 127. The third-order valence-electron chi connectivity index (χ3n) is 4.72. The van der Waals surface area contributed by atoms with E-state index in [4.69, 9.17) is 0 Å². The number of sulfonamides is 1. The van der Waals surface area contributed by atoms with Crippen LogP contribution in [0.5, 0.6) is 0 Å². The summed E-state index contributed by atoms with van der Waals surface area (Å²) in [4.78, 5) is 6.86. The normalized spacial score (nSPS) is 18.6. The molecule has 0 bridgehead atoms. The summed E-state index contributed by atoms with van der Waals surface area (Å²) >= 11 is 0. The smallest absolute Gasteiger partial charge is 0.357 e. The van der Waals surface area contributed by atoms with E-state index in [1.165, 1.54) is 0 Å². The first-order valence-corrected chi connectivity index (χ1v) is 10.9. The van der Waals surface area contributed by atoms with Crippen molar-refractivity contribution in [1.29, 1.82) is 0 Å². The number of hydrogen-bond donors (Lipinski definition) is 2. The molecule has 1 aliphatic rings. The zero-order valence-corrected chi connectivity index (χ0v) is 20.1. The molecule has 12 heteroatoms. The molecule has 1 fully saturated rings. The molecule has 7 nitrogen and oxygen atoms in total. The Balaban J connectivity index is 0.00000729. The van der Waals surface area contributed by atoms with Gasteiger partial charge < -0.3 is 10.6 Å². The standard InChI is InChI=1S/C16H32F3N5O2S.HI/c1-5-20-15(21-12-13(4)23(6-2)7-3)22-14-8-10-24(11-9-14)27(25,26)16(17,18)19;/h13-14H,5-12H2,1-4H3,(H2,20,21,22);1H. The van der Waals surface area contributed by atoms with Crippen molar-refractivity contribution in [3.8, 4) is 0 Å². The van der Waals surface area contributed by atoms with E-state index in [0.717, 1.165) is 13.1 Å². The lowest BCUT2D eigenvalue weighted by molar-refractivity contribution is -0.0494. The molecule has 1 saturated heterocycles. The first-order chi connectivity index (χ1) is 12.6. The molecule has 0 aromatic heterocycles. The maximum absolute atomic E-state index is 12.6. The van der Waals surface area contributed by atoms with Crippen LogP contribution < -0.4 is 10.6 Å². The van der Waals surface area contributed by atoms with Gasteiger partial charge in [0.25, 0.3) is 0 Å². The lowest BCUT2D eigenvalue weighted by Gasteiger charge is -2.32. The summed E-state index contributed by atoms with van der Waals surface area (Å²) in [5.41, 5.74) is -5.25. The minimum absolute atomic E-state index is 0. The number of guanidine groups is 1. The topological polar surface area (TPSA) is 77.0 Å².